The minimum absolute atomic E-state index is 0.0402. The first-order valence-electron chi connectivity index (χ1n) is 14.8. The Bertz CT molecular complexity index is 1890. The molecule has 0 amide bonds. The fourth-order valence-corrected chi connectivity index (χ4v) is 8.64. The van der Waals surface area contributed by atoms with Crippen LogP contribution < -0.4 is 4.74 Å². The average molecular weight is 600 g/mol. The smallest absolute Gasteiger partial charge is 0.246 e. The molecule has 2 fully saturated rings. The zero-order chi connectivity index (χ0) is 29.8. The molecule has 0 radical (unpaired) electrons. The zero-order valence-electron chi connectivity index (χ0n) is 24.2. The van der Waals surface area contributed by atoms with Gasteiger partial charge in [-0.15, -0.1) is 0 Å². The molecule has 7 rings (SSSR count). The summed E-state index contributed by atoms with van der Waals surface area (Å²) >= 11 is 0. The Labute approximate surface area is 250 Å². The summed E-state index contributed by atoms with van der Waals surface area (Å²) in [6.07, 6.45) is 7.22. The summed E-state index contributed by atoms with van der Waals surface area (Å²) in [6, 6.07) is 20.4. The van der Waals surface area contributed by atoms with Gasteiger partial charge < -0.3 is 4.74 Å². The number of rotatable bonds is 8. The van der Waals surface area contributed by atoms with Crippen LogP contribution in [0.3, 0.4) is 0 Å². The third-order valence-corrected chi connectivity index (χ3v) is 10.8. The summed E-state index contributed by atoms with van der Waals surface area (Å²) < 4.78 is 53.0. The molecule has 1 saturated heterocycles. The van der Waals surface area contributed by atoms with Crippen LogP contribution in [-0.4, -0.2) is 51.5 Å². The van der Waals surface area contributed by atoms with Crippen molar-refractivity contribution >= 4 is 20.9 Å². The lowest BCUT2D eigenvalue weighted by molar-refractivity contribution is 0.191. The van der Waals surface area contributed by atoms with Crippen LogP contribution in [0.25, 0.3) is 16.6 Å². The quantitative estimate of drug-likeness (QED) is 0.223. The van der Waals surface area contributed by atoms with Crippen LogP contribution in [0.15, 0.2) is 90.2 Å². The lowest BCUT2D eigenvalue weighted by Crippen LogP contribution is -2.36. The van der Waals surface area contributed by atoms with E-state index in [1.165, 1.54) is 18.3 Å². The number of fused-ring (bicyclic) bond motifs is 2. The number of hydrogen-bond donors (Lipinski definition) is 0. The summed E-state index contributed by atoms with van der Waals surface area (Å²) in [7, 11) is -3.73. The molecule has 222 valence electrons. The van der Waals surface area contributed by atoms with Crippen molar-refractivity contribution in [1.29, 1.82) is 0 Å². The van der Waals surface area contributed by atoms with E-state index in [1.54, 1.807) is 27.3 Å². The monoisotopic (exact) mass is 599 g/mol. The highest BCUT2D eigenvalue weighted by Crippen LogP contribution is 2.53. The molecule has 5 aromatic rings. The van der Waals surface area contributed by atoms with Gasteiger partial charge in [-0.05, 0) is 91.8 Å². The van der Waals surface area contributed by atoms with Crippen LogP contribution in [0, 0.1) is 18.7 Å². The third-order valence-electron chi connectivity index (χ3n) is 9.07. The molecule has 3 unspecified atom stereocenters. The summed E-state index contributed by atoms with van der Waals surface area (Å²) in [5, 5.41) is 9.87. The van der Waals surface area contributed by atoms with Gasteiger partial charge in [-0.2, -0.15) is 14.5 Å². The van der Waals surface area contributed by atoms with Gasteiger partial charge in [-0.25, -0.2) is 17.5 Å². The highest BCUT2D eigenvalue weighted by molar-refractivity contribution is 7.89. The van der Waals surface area contributed by atoms with Crippen LogP contribution in [0.5, 0.6) is 5.75 Å². The van der Waals surface area contributed by atoms with Gasteiger partial charge in [0.15, 0.2) is 0 Å². The molecule has 1 saturated carbocycles. The largest absolute Gasteiger partial charge is 0.490 e. The molecule has 0 spiro atoms. The Kier molecular flexibility index (Phi) is 6.85. The number of halogens is 1. The first-order valence-corrected chi connectivity index (χ1v) is 16.2. The number of aromatic nitrogens is 4. The number of sulfonamides is 1. The van der Waals surface area contributed by atoms with E-state index < -0.39 is 15.4 Å². The minimum atomic E-state index is -3.73. The maximum absolute atomic E-state index is 13.9. The van der Waals surface area contributed by atoms with Crippen LogP contribution in [0.4, 0.5) is 4.39 Å². The summed E-state index contributed by atoms with van der Waals surface area (Å²) in [5.41, 5.74) is 3.46. The molecule has 3 heterocycles. The molecule has 3 aromatic carbocycles. The number of ether oxygens (including phenoxy) is 1. The molecule has 2 aromatic heterocycles. The fraction of sp³-hybridized carbons (Fsp3) is 0.333. The van der Waals surface area contributed by atoms with Crippen molar-refractivity contribution in [2.45, 2.75) is 56.1 Å². The Morgan fingerprint density at radius 3 is 2.60 bits per heavy atom. The lowest BCUT2D eigenvalue weighted by Gasteiger charge is -2.31. The van der Waals surface area contributed by atoms with Gasteiger partial charge in [-0.3, -0.25) is 4.68 Å². The van der Waals surface area contributed by atoms with E-state index in [9.17, 15) is 12.8 Å². The van der Waals surface area contributed by atoms with Crippen LogP contribution in [0.2, 0.25) is 0 Å². The Morgan fingerprint density at radius 1 is 1.05 bits per heavy atom. The van der Waals surface area contributed by atoms with Crippen molar-refractivity contribution in [1.82, 2.24) is 23.9 Å². The zero-order valence-corrected chi connectivity index (χ0v) is 25.0. The number of nitrogens with zero attached hydrogens (tertiary/aromatic N) is 5. The first-order chi connectivity index (χ1) is 20.8. The maximum Gasteiger partial charge on any atom is 0.246 e. The van der Waals surface area contributed by atoms with Crippen molar-refractivity contribution < 1.29 is 17.5 Å². The van der Waals surface area contributed by atoms with Crippen molar-refractivity contribution in [3.8, 4) is 11.4 Å². The van der Waals surface area contributed by atoms with Gasteiger partial charge in [-0.1, -0.05) is 25.1 Å². The van der Waals surface area contributed by atoms with Gasteiger partial charge in [0.2, 0.25) is 10.0 Å². The lowest BCUT2D eigenvalue weighted by atomic mass is 9.72. The van der Waals surface area contributed by atoms with Gasteiger partial charge >= 0.3 is 0 Å². The van der Waals surface area contributed by atoms with Gasteiger partial charge in [0.05, 0.1) is 29.7 Å². The Morgan fingerprint density at radius 2 is 1.84 bits per heavy atom. The molecule has 1 aliphatic heterocycles. The highest BCUT2D eigenvalue weighted by atomic mass is 32.2. The summed E-state index contributed by atoms with van der Waals surface area (Å²) in [5.74, 6) is 0.601. The molecule has 8 nitrogen and oxygen atoms in total. The molecule has 3 atom stereocenters. The summed E-state index contributed by atoms with van der Waals surface area (Å²) in [4.78, 5) is 0.237. The fourth-order valence-electron chi connectivity index (χ4n) is 7.13. The minimum Gasteiger partial charge on any atom is -0.490 e. The maximum atomic E-state index is 13.9. The molecule has 10 heteroatoms. The number of para-hydroxylation sites is 1. The predicted octanol–water partition coefficient (Wildman–Crippen LogP) is 5.88. The molecular formula is C33H34FN5O3S. The van der Waals surface area contributed by atoms with Gasteiger partial charge in [0.1, 0.15) is 16.5 Å². The molecule has 43 heavy (non-hydrogen) atoms. The third kappa shape index (κ3) is 4.82. The summed E-state index contributed by atoms with van der Waals surface area (Å²) in [6.45, 7) is 5.58. The van der Waals surface area contributed by atoms with E-state index in [0.717, 1.165) is 46.3 Å². The number of benzene rings is 3. The van der Waals surface area contributed by atoms with E-state index in [2.05, 4.69) is 29.3 Å². The van der Waals surface area contributed by atoms with Crippen LogP contribution in [-0.2, 0) is 22.0 Å². The van der Waals surface area contributed by atoms with E-state index in [1.807, 2.05) is 48.1 Å². The van der Waals surface area contributed by atoms with Crippen molar-refractivity contribution in [2.75, 3.05) is 13.1 Å². The van der Waals surface area contributed by atoms with E-state index in [0.29, 0.717) is 26.1 Å². The molecule has 0 N–H and O–H groups in total. The second-order valence-corrected chi connectivity index (χ2v) is 13.8. The van der Waals surface area contributed by atoms with Gasteiger partial charge in [0.25, 0.3) is 0 Å². The second-order valence-electron chi connectivity index (χ2n) is 11.8. The second kappa shape index (κ2) is 10.6. The topological polar surface area (TPSA) is 82.3 Å². The van der Waals surface area contributed by atoms with E-state index in [-0.39, 0.29) is 22.7 Å². The van der Waals surface area contributed by atoms with Gasteiger partial charge in [0, 0.05) is 36.6 Å². The van der Waals surface area contributed by atoms with Crippen LogP contribution in [0.1, 0.15) is 37.3 Å². The number of hydrogen-bond acceptors (Lipinski definition) is 5. The standard InChI is InChI=1S/C33H34FN5O3S/c1-3-13-37-21-30(19-35-37)43(40,41)38-20-25-16-29(42-28-7-5-4-6-8-28)17-33(25,22-38)31-15-24-18-36-39(32(24)14-23(31)2)27-11-9-26(34)10-12-27/h4-12,14-15,18-19,21,25,29H,3,13,16-17,20,22H2,1-2H3. The number of aryl methyl sites for hydroxylation is 2. The predicted molar refractivity (Wildman–Crippen MR) is 162 cm³/mol. The van der Waals surface area contributed by atoms with Crippen molar-refractivity contribution in [3.63, 3.8) is 0 Å². The Balaban J connectivity index is 1.27. The normalized spacial score (nSPS) is 22.3. The average Bonchev–Trinajstić information content (AvgIpc) is 3.77. The van der Waals surface area contributed by atoms with Crippen LogP contribution >= 0.6 is 0 Å². The Hall–Kier alpha value is -4.02. The van der Waals surface area contributed by atoms with Crippen molar-refractivity contribution in [2.24, 2.45) is 5.92 Å². The molecule has 2 aliphatic rings. The SMILES string of the molecule is CCCn1cc(S(=O)(=O)N2CC3CC(Oc4ccccc4)CC3(c3cc4cnn(-c5ccc(F)cc5)c4cc3C)C2)cn1. The van der Waals surface area contributed by atoms with Crippen molar-refractivity contribution in [3.05, 3.63) is 102 Å². The molecule has 1 aliphatic carbocycles. The molecule has 0 bridgehead atoms. The highest BCUT2D eigenvalue weighted by Gasteiger charge is 2.57. The van der Waals surface area contributed by atoms with E-state index in [4.69, 9.17) is 4.74 Å². The van der Waals surface area contributed by atoms with E-state index >= 15 is 0 Å². The first kappa shape index (κ1) is 27.8. The molecular weight excluding hydrogens is 565 g/mol.